The average Bonchev–Trinajstić information content (AvgIpc) is 2.12. The molecule has 0 heterocycles. The van der Waals surface area contributed by atoms with E-state index in [1.165, 1.54) is 0 Å². The van der Waals surface area contributed by atoms with Gasteiger partial charge < -0.3 is 21.5 Å². The predicted octanol–water partition coefficient (Wildman–Crippen LogP) is -0.976. The normalized spacial score (nSPS) is 11.5. The van der Waals surface area contributed by atoms with E-state index in [9.17, 15) is 14.4 Å². The molecule has 0 saturated heterocycles. The second kappa shape index (κ2) is 6.63. The minimum Gasteiger partial charge on any atom is -0.480 e. The molecule has 5 N–H and O–H groups in total. The lowest BCUT2D eigenvalue weighted by Crippen LogP contribution is -2.47. The van der Waals surface area contributed by atoms with Crippen LogP contribution in [0.4, 0.5) is 4.79 Å². The van der Waals surface area contributed by atoms with E-state index in [0.717, 1.165) is 6.42 Å². The van der Waals surface area contributed by atoms with Crippen LogP contribution >= 0.6 is 0 Å². The largest absolute Gasteiger partial charge is 0.480 e. The maximum atomic E-state index is 11.1. The first kappa shape index (κ1) is 13.2. The van der Waals surface area contributed by atoms with Gasteiger partial charge in [-0.3, -0.25) is 4.79 Å². The van der Waals surface area contributed by atoms with Gasteiger partial charge in [-0.25, -0.2) is 9.59 Å². The highest BCUT2D eigenvalue weighted by Gasteiger charge is 2.21. The first-order valence-electron chi connectivity index (χ1n) is 4.52. The third kappa shape index (κ3) is 6.30. The Labute approximate surface area is 87.0 Å². The summed E-state index contributed by atoms with van der Waals surface area (Å²) in [5.41, 5.74) is 4.83. The second-order valence-electron chi connectivity index (χ2n) is 2.96. The van der Waals surface area contributed by atoms with Gasteiger partial charge in [0, 0.05) is 6.54 Å². The highest BCUT2D eigenvalue weighted by Crippen LogP contribution is 1.91. The Morgan fingerprint density at radius 2 is 2.00 bits per heavy atom. The van der Waals surface area contributed by atoms with Crippen molar-refractivity contribution in [1.82, 2.24) is 10.6 Å². The zero-order chi connectivity index (χ0) is 11.8. The van der Waals surface area contributed by atoms with Crippen molar-refractivity contribution in [3.05, 3.63) is 0 Å². The van der Waals surface area contributed by atoms with Crippen LogP contribution in [-0.2, 0) is 9.59 Å². The minimum absolute atomic E-state index is 0.422. The Balaban J connectivity index is 4.10. The Hall–Kier alpha value is -1.79. The van der Waals surface area contributed by atoms with Crippen LogP contribution in [0.2, 0.25) is 0 Å². The maximum Gasteiger partial charge on any atom is 0.326 e. The lowest BCUT2D eigenvalue weighted by atomic mass is 10.2. The minimum atomic E-state index is -1.29. The van der Waals surface area contributed by atoms with E-state index in [2.05, 4.69) is 10.6 Å². The van der Waals surface area contributed by atoms with Gasteiger partial charge in [-0.05, 0) is 6.42 Å². The number of urea groups is 1. The SMILES string of the molecule is CCCNC(=O)N[C@H](CC(N)=O)C(=O)O. The zero-order valence-corrected chi connectivity index (χ0v) is 8.45. The van der Waals surface area contributed by atoms with Crippen LogP contribution in [0.1, 0.15) is 19.8 Å². The number of nitrogens with one attached hydrogen (secondary N) is 2. The number of nitrogens with two attached hydrogens (primary N) is 1. The molecule has 0 unspecified atom stereocenters. The molecule has 0 rings (SSSR count). The van der Waals surface area contributed by atoms with Crippen molar-refractivity contribution < 1.29 is 19.5 Å². The molecule has 0 aliphatic heterocycles. The Bertz CT molecular complexity index is 254. The van der Waals surface area contributed by atoms with Crippen LogP contribution in [0.15, 0.2) is 0 Å². The molecule has 7 heteroatoms. The smallest absolute Gasteiger partial charge is 0.326 e. The molecule has 0 radical (unpaired) electrons. The fraction of sp³-hybridized carbons (Fsp3) is 0.625. The van der Waals surface area contributed by atoms with Gasteiger partial charge in [0.2, 0.25) is 5.91 Å². The van der Waals surface area contributed by atoms with E-state index >= 15 is 0 Å². The fourth-order valence-corrected chi connectivity index (χ4v) is 0.849. The van der Waals surface area contributed by atoms with Crippen LogP contribution < -0.4 is 16.4 Å². The third-order valence-electron chi connectivity index (χ3n) is 1.54. The van der Waals surface area contributed by atoms with E-state index in [1.54, 1.807) is 0 Å². The average molecular weight is 217 g/mol. The van der Waals surface area contributed by atoms with Crippen molar-refractivity contribution in [2.75, 3.05) is 6.54 Å². The number of carbonyl (C=O) groups is 3. The molecule has 0 fully saturated rings. The number of rotatable bonds is 6. The molecule has 15 heavy (non-hydrogen) atoms. The van der Waals surface area contributed by atoms with E-state index < -0.39 is 30.4 Å². The van der Waals surface area contributed by atoms with Crippen LogP contribution in [0.25, 0.3) is 0 Å². The number of amides is 3. The van der Waals surface area contributed by atoms with Crippen molar-refractivity contribution in [3.63, 3.8) is 0 Å². The molecule has 3 amide bonds. The Morgan fingerprint density at radius 1 is 1.40 bits per heavy atom. The molecule has 7 nitrogen and oxygen atoms in total. The lowest BCUT2D eigenvalue weighted by molar-refractivity contribution is -0.140. The molecule has 0 aliphatic rings. The van der Waals surface area contributed by atoms with Gasteiger partial charge >= 0.3 is 12.0 Å². The highest BCUT2D eigenvalue weighted by molar-refractivity contribution is 5.87. The molecule has 1 atom stereocenters. The second-order valence-corrected chi connectivity index (χ2v) is 2.96. The summed E-state index contributed by atoms with van der Waals surface area (Å²) in [7, 11) is 0. The molecule has 0 aromatic heterocycles. The number of hydrogen-bond acceptors (Lipinski definition) is 3. The maximum absolute atomic E-state index is 11.1. The Morgan fingerprint density at radius 3 is 2.40 bits per heavy atom. The summed E-state index contributed by atoms with van der Waals surface area (Å²) in [5.74, 6) is -2.07. The summed E-state index contributed by atoms with van der Waals surface area (Å²) in [6, 6.07) is -1.90. The van der Waals surface area contributed by atoms with Crippen molar-refractivity contribution in [3.8, 4) is 0 Å². The Kier molecular flexibility index (Phi) is 5.84. The first-order valence-corrected chi connectivity index (χ1v) is 4.52. The van der Waals surface area contributed by atoms with Crippen molar-refractivity contribution in [2.24, 2.45) is 5.73 Å². The predicted molar refractivity (Wildman–Crippen MR) is 52.1 cm³/mol. The molecular weight excluding hydrogens is 202 g/mol. The summed E-state index contributed by atoms with van der Waals surface area (Å²) >= 11 is 0. The summed E-state index contributed by atoms with van der Waals surface area (Å²) < 4.78 is 0. The zero-order valence-electron chi connectivity index (χ0n) is 8.45. The number of primary amides is 1. The fourth-order valence-electron chi connectivity index (χ4n) is 0.849. The van der Waals surface area contributed by atoms with E-state index in [0.29, 0.717) is 6.54 Å². The third-order valence-corrected chi connectivity index (χ3v) is 1.54. The number of carboxylic acids is 1. The number of carboxylic acid groups (broad SMARTS) is 1. The molecule has 0 saturated carbocycles. The quantitative estimate of drug-likeness (QED) is 0.457. The topological polar surface area (TPSA) is 122 Å². The van der Waals surface area contributed by atoms with Gasteiger partial charge in [-0.1, -0.05) is 6.92 Å². The van der Waals surface area contributed by atoms with Crippen LogP contribution in [0, 0.1) is 0 Å². The lowest BCUT2D eigenvalue weighted by Gasteiger charge is -2.13. The molecule has 86 valence electrons. The van der Waals surface area contributed by atoms with Crippen molar-refractivity contribution >= 4 is 17.9 Å². The molecular formula is C8H15N3O4. The van der Waals surface area contributed by atoms with E-state index in [1.807, 2.05) is 6.92 Å². The number of aliphatic carboxylic acids is 1. The van der Waals surface area contributed by atoms with Gasteiger partial charge in [-0.15, -0.1) is 0 Å². The summed E-state index contributed by atoms with van der Waals surface area (Å²) in [5, 5.41) is 13.2. The molecule has 0 aliphatic carbocycles. The van der Waals surface area contributed by atoms with Crippen molar-refractivity contribution in [2.45, 2.75) is 25.8 Å². The monoisotopic (exact) mass is 217 g/mol. The van der Waals surface area contributed by atoms with Gasteiger partial charge in [-0.2, -0.15) is 0 Å². The van der Waals surface area contributed by atoms with Crippen LogP contribution in [0.3, 0.4) is 0 Å². The van der Waals surface area contributed by atoms with Gasteiger partial charge in [0.25, 0.3) is 0 Å². The van der Waals surface area contributed by atoms with Crippen LogP contribution in [0.5, 0.6) is 0 Å². The molecule has 0 spiro atoms. The van der Waals surface area contributed by atoms with Gasteiger partial charge in [0.05, 0.1) is 6.42 Å². The van der Waals surface area contributed by atoms with Crippen LogP contribution in [-0.4, -0.2) is 35.6 Å². The summed E-state index contributed by atoms with van der Waals surface area (Å²) in [4.78, 5) is 32.2. The standard InChI is InChI=1S/C8H15N3O4/c1-2-3-10-8(15)11-5(7(13)14)4-6(9)12/h5H,2-4H2,1H3,(H2,9,12)(H,13,14)(H2,10,11,15)/t5-/m1/s1. The molecule has 0 aromatic rings. The van der Waals surface area contributed by atoms with Gasteiger partial charge in [0.1, 0.15) is 6.04 Å². The summed E-state index contributed by atoms with van der Waals surface area (Å²) in [6.07, 6.45) is 0.315. The number of hydrogen-bond donors (Lipinski definition) is 4. The van der Waals surface area contributed by atoms with Crippen molar-refractivity contribution in [1.29, 1.82) is 0 Å². The first-order chi connectivity index (χ1) is 6.97. The van der Waals surface area contributed by atoms with E-state index in [-0.39, 0.29) is 0 Å². The molecule has 0 bridgehead atoms. The molecule has 0 aromatic carbocycles. The van der Waals surface area contributed by atoms with Gasteiger partial charge in [0.15, 0.2) is 0 Å². The van der Waals surface area contributed by atoms with E-state index in [4.69, 9.17) is 10.8 Å². The summed E-state index contributed by atoms with van der Waals surface area (Å²) in [6.45, 7) is 2.30. The highest BCUT2D eigenvalue weighted by atomic mass is 16.4. The number of carbonyl (C=O) groups excluding carboxylic acids is 2.